The molecule has 0 radical (unpaired) electrons. The lowest BCUT2D eigenvalue weighted by molar-refractivity contribution is 0.477. The van der Waals surface area contributed by atoms with Gasteiger partial charge in [-0.2, -0.15) is 0 Å². The average molecular weight is 261 g/mol. The third-order valence-electron chi connectivity index (χ3n) is 2.79. The molecule has 0 saturated heterocycles. The fraction of sp³-hybridized carbons (Fsp3) is 0. The Morgan fingerprint density at radius 1 is 1.00 bits per heavy atom. The molecule has 2 aromatic carbocycles. The minimum atomic E-state index is -0.252. The zero-order chi connectivity index (χ0) is 12.7. The van der Waals surface area contributed by atoms with Gasteiger partial charge in [-0.3, -0.25) is 0 Å². The van der Waals surface area contributed by atoms with Gasteiger partial charge in [-0.05, 0) is 35.9 Å². The van der Waals surface area contributed by atoms with Crippen LogP contribution in [0.1, 0.15) is 0 Å². The van der Waals surface area contributed by atoms with Crippen molar-refractivity contribution in [3.05, 3.63) is 51.9 Å². The minimum absolute atomic E-state index is 0.150. The second kappa shape index (κ2) is 3.92. The second-order valence-electron chi connectivity index (χ2n) is 4.00. The number of phenols is 1. The van der Waals surface area contributed by atoms with Gasteiger partial charge in [0.1, 0.15) is 5.75 Å². The number of nitrogens with one attached hydrogen (secondary N) is 2. The predicted molar refractivity (Wildman–Crippen MR) is 71.0 cm³/mol. The average Bonchev–Trinajstić information content (AvgIpc) is 2.71. The molecule has 1 aromatic heterocycles. The maximum Gasteiger partial charge on any atom is 0.323 e. The first-order chi connectivity index (χ1) is 8.63. The van der Waals surface area contributed by atoms with E-state index in [9.17, 15) is 9.90 Å². The summed E-state index contributed by atoms with van der Waals surface area (Å²) in [4.78, 5) is 16.5. The first kappa shape index (κ1) is 10.9. The van der Waals surface area contributed by atoms with E-state index < -0.39 is 0 Å². The fourth-order valence-electron chi connectivity index (χ4n) is 1.94. The fourth-order valence-corrected chi connectivity index (χ4v) is 2.11. The summed E-state index contributed by atoms with van der Waals surface area (Å²) in [5.74, 6) is 0.150. The zero-order valence-corrected chi connectivity index (χ0v) is 9.95. The van der Waals surface area contributed by atoms with Crippen LogP contribution in [0.15, 0.2) is 41.2 Å². The SMILES string of the molecule is O=c1[nH]c2ccc(-c3cc(Cl)ccc3O)cc2[nH]1. The highest BCUT2D eigenvalue weighted by atomic mass is 35.5. The second-order valence-corrected chi connectivity index (χ2v) is 4.44. The lowest BCUT2D eigenvalue weighted by atomic mass is 10.0. The molecule has 0 aliphatic carbocycles. The van der Waals surface area contributed by atoms with Crippen molar-refractivity contribution in [3.8, 4) is 16.9 Å². The summed E-state index contributed by atoms with van der Waals surface area (Å²) in [7, 11) is 0. The number of benzene rings is 2. The first-order valence-corrected chi connectivity index (χ1v) is 5.72. The van der Waals surface area contributed by atoms with E-state index >= 15 is 0 Å². The minimum Gasteiger partial charge on any atom is -0.507 e. The number of halogens is 1. The topological polar surface area (TPSA) is 68.9 Å². The third kappa shape index (κ3) is 1.76. The lowest BCUT2D eigenvalue weighted by Gasteiger charge is -2.05. The molecule has 4 nitrogen and oxygen atoms in total. The van der Waals surface area contributed by atoms with Crippen LogP contribution in [-0.4, -0.2) is 15.1 Å². The molecule has 0 bridgehead atoms. The van der Waals surface area contributed by atoms with E-state index in [0.717, 1.165) is 11.1 Å². The molecule has 0 unspecified atom stereocenters. The first-order valence-electron chi connectivity index (χ1n) is 5.34. The van der Waals surface area contributed by atoms with Gasteiger partial charge in [0.15, 0.2) is 0 Å². The number of aromatic amines is 2. The summed E-state index contributed by atoms with van der Waals surface area (Å²) in [5, 5.41) is 10.4. The summed E-state index contributed by atoms with van der Waals surface area (Å²) in [6, 6.07) is 10.2. The van der Waals surface area contributed by atoms with Crippen molar-refractivity contribution in [2.24, 2.45) is 0 Å². The molecule has 0 amide bonds. The Bertz CT molecular complexity index is 789. The molecule has 3 N–H and O–H groups in total. The van der Waals surface area contributed by atoms with Gasteiger partial charge in [0, 0.05) is 10.6 Å². The van der Waals surface area contributed by atoms with Gasteiger partial charge in [-0.25, -0.2) is 4.79 Å². The Morgan fingerprint density at radius 3 is 2.61 bits per heavy atom. The number of hydrogen-bond donors (Lipinski definition) is 3. The Kier molecular flexibility index (Phi) is 2.38. The van der Waals surface area contributed by atoms with Gasteiger partial charge in [0.05, 0.1) is 11.0 Å². The summed E-state index contributed by atoms with van der Waals surface area (Å²) < 4.78 is 0. The quantitative estimate of drug-likeness (QED) is 0.630. The normalized spacial score (nSPS) is 10.9. The highest BCUT2D eigenvalue weighted by molar-refractivity contribution is 6.31. The Labute approximate surface area is 107 Å². The van der Waals surface area contributed by atoms with Crippen molar-refractivity contribution in [1.82, 2.24) is 9.97 Å². The van der Waals surface area contributed by atoms with E-state index in [4.69, 9.17) is 11.6 Å². The van der Waals surface area contributed by atoms with Crippen LogP contribution in [0.3, 0.4) is 0 Å². The number of hydrogen-bond acceptors (Lipinski definition) is 2. The van der Waals surface area contributed by atoms with E-state index in [2.05, 4.69) is 9.97 Å². The highest BCUT2D eigenvalue weighted by Gasteiger charge is 2.07. The Balaban J connectivity index is 2.24. The molecule has 0 aliphatic rings. The molecule has 0 spiro atoms. The molecule has 0 saturated carbocycles. The van der Waals surface area contributed by atoms with Gasteiger partial charge < -0.3 is 15.1 Å². The summed E-state index contributed by atoms with van der Waals surface area (Å²) in [6.07, 6.45) is 0. The van der Waals surface area contributed by atoms with E-state index in [1.54, 1.807) is 30.3 Å². The molecule has 18 heavy (non-hydrogen) atoms. The van der Waals surface area contributed by atoms with Crippen molar-refractivity contribution in [2.75, 3.05) is 0 Å². The molecule has 0 fully saturated rings. The molecule has 5 heteroatoms. The van der Waals surface area contributed by atoms with E-state index in [1.165, 1.54) is 0 Å². The number of fused-ring (bicyclic) bond motifs is 1. The number of aromatic nitrogens is 2. The van der Waals surface area contributed by atoms with E-state index in [0.29, 0.717) is 16.1 Å². The number of aromatic hydroxyl groups is 1. The van der Waals surface area contributed by atoms with E-state index in [1.807, 2.05) is 6.07 Å². The number of phenolic OH excluding ortho intramolecular Hbond substituents is 1. The lowest BCUT2D eigenvalue weighted by Crippen LogP contribution is -1.99. The summed E-state index contributed by atoms with van der Waals surface area (Å²) >= 11 is 5.91. The van der Waals surface area contributed by atoms with Crippen molar-refractivity contribution in [1.29, 1.82) is 0 Å². The standard InChI is InChI=1S/C13H9ClN2O2/c14-8-2-4-12(17)9(6-8)7-1-3-10-11(5-7)16-13(18)15-10/h1-6,17H,(H2,15,16,18). The van der Waals surface area contributed by atoms with Crippen LogP contribution in [0, 0.1) is 0 Å². The smallest absolute Gasteiger partial charge is 0.323 e. The molecule has 0 atom stereocenters. The van der Waals surface area contributed by atoms with Gasteiger partial charge in [-0.1, -0.05) is 17.7 Å². The van der Waals surface area contributed by atoms with Crippen LogP contribution in [0.5, 0.6) is 5.75 Å². The Hall–Kier alpha value is -2.20. The number of rotatable bonds is 1. The van der Waals surface area contributed by atoms with Crippen LogP contribution < -0.4 is 5.69 Å². The maximum absolute atomic E-state index is 11.2. The number of H-pyrrole nitrogens is 2. The predicted octanol–water partition coefficient (Wildman–Crippen LogP) is 2.88. The summed E-state index contributed by atoms with van der Waals surface area (Å²) in [5.41, 5.74) is 2.59. The molecule has 3 rings (SSSR count). The Morgan fingerprint density at radius 2 is 1.78 bits per heavy atom. The van der Waals surface area contributed by atoms with E-state index in [-0.39, 0.29) is 11.4 Å². The zero-order valence-electron chi connectivity index (χ0n) is 9.20. The van der Waals surface area contributed by atoms with Gasteiger partial charge in [0.2, 0.25) is 0 Å². The van der Waals surface area contributed by atoms with Crippen molar-refractivity contribution >= 4 is 22.6 Å². The van der Waals surface area contributed by atoms with Gasteiger partial charge in [-0.15, -0.1) is 0 Å². The molecular weight excluding hydrogens is 252 g/mol. The maximum atomic E-state index is 11.2. The van der Waals surface area contributed by atoms with Crippen LogP contribution >= 0.6 is 11.6 Å². The van der Waals surface area contributed by atoms with Crippen molar-refractivity contribution in [2.45, 2.75) is 0 Å². The van der Waals surface area contributed by atoms with Crippen molar-refractivity contribution in [3.63, 3.8) is 0 Å². The van der Waals surface area contributed by atoms with Crippen molar-refractivity contribution < 1.29 is 5.11 Å². The van der Waals surface area contributed by atoms with Crippen LogP contribution in [-0.2, 0) is 0 Å². The monoisotopic (exact) mass is 260 g/mol. The van der Waals surface area contributed by atoms with Crippen LogP contribution in [0.25, 0.3) is 22.2 Å². The molecule has 90 valence electrons. The van der Waals surface area contributed by atoms with Crippen LogP contribution in [0.2, 0.25) is 5.02 Å². The summed E-state index contributed by atoms with van der Waals surface area (Å²) in [6.45, 7) is 0. The van der Waals surface area contributed by atoms with Gasteiger partial charge in [0.25, 0.3) is 0 Å². The third-order valence-corrected chi connectivity index (χ3v) is 3.02. The highest BCUT2D eigenvalue weighted by Crippen LogP contribution is 2.32. The molecular formula is C13H9ClN2O2. The molecule has 1 heterocycles. The van der Waals surface area contributed by atoms with Crippen LogP contribution in [0.4, 0.5) is 0 Å². The van der Waals surface area contributed by atoms with Gasteiger partial charge >= 0.3 is 5.69 Å². The number of imidazole rings is 1. The molecule has 3 aromatic rings. The largest absolute Gasteiger partial charge is 0.507 e. The molecule has 0 aliphatic heterocycles.